The zero-order valence-corrected chi connectivity index (χ0v) is 33.7. The lowest BCUT2D eigenvalue weighted by molar-refractivity contribution is 0.669. The van der Waals surface area contributed by atoms with Gasteiger partial charge in [0.2, 0.25) is 0 Å². The van der Waals surface area contributed by atoms with Gasteiger partial charge in [-0.15, -0.1) is 0 Å². The molecule has 12 rings (SSSR count). The van der Waals surface area contributed by atoms with Crippen molar-refractivity contribution in [2.24, 2.45) is 0 Å². The lowest BCUT2D eigenvalue weighted by Gasteiger charge is -2.34. The van der Waals surface area contributed by atoms with Crippen molar-refractivity contribution in [2.45, 2.75) is 5.41 Å². The fraction of sp³-hybridized carbons (Fsp3) is 0.0169. The average Bonchev–Trinajstić information content (AvgIpc) is 3.89. The summed E-state index contributed by atoms with van der Waals surface area (Å²) in [6, 6.07) is 82.2. The van der Waals surface area contributed by atoms with Gasteiger partial charge in [0.1, 0.15) is 11.2 Å². The molecule has 62 heavy (non-hydrogen) atoms. The molecule has 2 aromatic heterocycles. The Hall–Kier alpha value is -8.14. The molecule has 0 N–H and O–H groups in total. The van der Waals surface area contributed by atoms with E-state index in [-0.39, 0.29) is 0 Å². The van der Waals surface area contributed by atoms with Crippen LogP contribution in [0, 0.1) is 0 Å². The van der Waals surface area contributed by atoms with Crippen LogP contribution in [0.4, 0.5) is 0 Å². The standard InChI is InChI=1S/C59H38N2O/c1-4-16-43(17-5-1)58-60-52(38-53(61-58)42-36-32-40(33-37-42)47-25-15-29-55-57(47)49-23-11-13-28-54(49)62-55)41-34-30-39(31-35-41)46-24-14-27-51-56(46)48-22-10-12-26-50(48)59(51,44-18-6-2-7-19-44)45-20-8-3-9-21-45/h1-38H. The number of para-hydroxylation sites is 1. The normalized spacial score (nSPS) is 12.6. The zero-order chi connectivity index (χ0) is 41.0. The fourth-order valence-corrected chi connectivity index (χ4v) is 9.85. The first-order chi connectivity index (χ1) is 30.7. The van der Waals surface area contributed by atoms with Crippen LogP contribution in [0.25, 0.3) is 89.2 Å². The molecule has 0 bridgehead atoms. The quantitative estimate of drug-likeness (QED) is 0.161. The van der Waals surface area contributed by atoms with Crippen LogP contribution in [0.1, 0.15) is 22.3 Å². The fourth-order valence-electron chi connectivity index (χ4n) is 9.85. The second-order valence-electron chi connectivity index (χ2n) is 16.0. The largest absolute Gasteiger partial charge is 0.456 e. The van der Waals surface area contributed by atoms with Crippen molar-refractivity contribution < 1.29 is 4.42 Å². The third kappa shape index (κ3) is 5.67. The minimum atomic E-state index is -0.450. The third-order valence-electron chi connectivity index (χ3n) is 12.6. The molecule has 0 amide bonds. The highest BCUT2D eigenvalue weighted by molar-refractivity contribution is 6.12. The van der Waals surface area contributed by atoms with Crippen molar-refractivity contribution in [3.63, 3.8) is 0 Å². The molecular weight excluding hydrogens is 753 g/mol. The van der Waals surface area contributed by atoms with E-state index in [2.05, 4.69) is 194 Å². The number of hydrogen-bond donors (Lipinski definition) is 0. The van der Waals surface area contributed by atoms with E-state index in [1.165, 1.54) is 38.9 Å². The van der Waals surface area contributed by atoms with Gasteiger partial charge >= 0.3 is 0 Å². The van der Waals surface area contributed by atoms with E-state index in [0.717, 1.165) is 66.7 Å². The number of hydrogen-bond acceptors (Lipinski definition) is 3. The Morgan fingerprint density at radius 3 is 1.50 bits per heavy atom. The van der Waals surface area contributed by atoms with Crippen molar-refractivity contribution in [3.05, 3.63) is 253 Å². The van der Waals surface area contributed by atoms with Crippen LogP contribution in [-0.4, -0.2) is 9.97 Å². The Morgan fingerprint density at radius 2 is 0.823 bits per heavy atom. The molecule has 0 atom stereocenters. The van der Waals surface area contributed by atoms with E-state index < -0.39 is 5.41 Å². The number of furan rings is 1. The van der Waals surface area contributed by atoms with Gasteiger partial charge in [0.05, 0.1) is 16.8 Å². The van der Waals surface area contributed by atoms with Gasteiger partial charge in [0.25, 0.3) is 0 Å². The first kappa shape index (κ1) is 35.8. The van der Waals surface area contributed by atoms with Crippen LogP contribution in [-0.2, 0) is 5.41 Å². The smallest absolute Gasteiger partial charge is 0.160 e. The van der Waals surface area contributed by atoms with Crippen LogP contribution in [0.2, 0.25) is 0 Å². The number of aromatic nitrogens is 2. The first-order valence-corrected chi connectivity index (χ1v) is 21.1. The van der Waals surface area contributed by atoms with Crippen molar-refractivity contribution in [1.29, 1.82) is 0 Å². The zero-order valence-electron chi connectivity index (χ0n) is 33.7. The summed E-state index contributed by atoms with van der Waals surface area (Å²) in [5, 5.41) is 2.25. The predicted molar refractivity (Wildman–Crippen MR) is 254 cm³/mol. The second kappa shape index (κ2) is 14.5. The summed E-state index contributed by atoms with van der Waals surface area (Å²) in [5.41, 5.74) is 18.4. The summed E-state index contributed by atoms with van der Waals surface area (Å²) < 4.78 is 6.21. The molecule has 0 unspecified atom stereocenters. The van der Waals surface area contributed by atoms with E-state index in [9.17, 15) is 0 Å². The molecule has 1 aliphatic rings. The number of rotatable bonds is 7. The third-order valence-corrected chi connectivity index (χ3v) is 12.6. The van der Waals surface area contributed by atoms with Crippen LogP contribution in [0.15, 0.2) is 235 Å². The molecule has 290 valence electrons. The molecule has 2 heterocycles. The van der Waals surface area contributed by atoms with E-state index in [1.54, 1.807) is 0 Å². The van der Waals surface area contributed by atoms with Crippen molar-refractivity contribution in [1.82, 2.24) is 9.97 Å². The summed E-state index contributed by atoms with van der Waals surface area (Å²) in [6.45, 7) is 0. The molecule has 9 aromatic carbocycles. The van der Waals surface area contributed by atoms with Gasteiger partial charge in [-0.25, -0.2) is 9.97 Å². The molecule has 0 radical (unpaired) electrons. The molecule has 11 aromatic rings. The highest BCUT2D eigenvalue weighted by Gasteiger charge is 2.46. The number of nitrogens with zero attached hydrogens (tertiary/aromatic N) is 2. The topological polar surface area (TPSA) is 38.9 Å². The molecule has 0 spiro atoms. The van der Waals surface area contributed by atoms with Gasteiger partial charge in [0.15, 0.2) is 5.82 Å². The highest BCUT2D eigenvalue weighted by atomic mass is 16.3. The van der Waals surface area contributed by atoms with Gasteiger partial charge in [-0.2, -0.15) is 0 Å². The maximum atomic E-state index is 6.21. The minimum absolute atomic E-state index is 0.450. The summed E-state index contributed by atoms with van der Waals surface area (Å²) in [4.78, 5) is 10.3. The summed E-state index contributed by atoms with van der Waals surface area (Å²) >= 11 is 0. The van der Waals surface area contributed by atoms with E-state index in [0.29, 0.717) is 5.82 Å². The van der Waals surface area contributed by atoms with Crippen molar-refractivity contribution in [2.75, 3.05) is 0 Å². The van der Waals surface area contributed by atoms with Crippen LogP contribution in [0.3, 0.4) is 0 Å². The van der Waals surface area contributed by atoms with Crippen LogP contribution < -0.4 is 0 Å². The highest BCUT2D eigenvalue weighted by Crippen LogP contribution is 2.58. The Labute approximate surface area is 360 Å². The molecule has 0 saturated carbocycles. The molecule has 3 nitrogen and oxygen atoms in total. The van der Waals surface area contributed by atoms with Gasteiger partial charge in [0, 0.05) is 27.5 Å². The maximum Gasteiger partial charge on any atom is 0.160 e. The van der Waals surface area contributed by atoms with E-state index >= 15 is 0 Å². The Balaban J connectivity index is 0.954. The Morgan fingerprint density at radius 1 is 0.339 bits per heavy atom. The lowest BCUT2D eigenvalue weighted by Crippen LogP contribution is -2.28. The summed E-state index contributed by atoms with van der Waals surface area (Å²) in [6.07, 6.45) is 0. The van der Waals surface area contributed by atoms with Crippen molar-refractivity contribution >= 4 is 21.9 Å². The molecular formula is C59H38N2O. The van der Waals surface area contributed by atoms with E-state index in [4.69, 9.17) is 14.4 Å². The SMILES string of the molecule is c1ccc(-c2nc(-c3ccc(-c4cccc5c4-c4ccccc4C5(c4ccccc4)c4ccccc4)cc3)cc(-c3ccc(-c4cccc5oc6ccccc6c45)cc3)n2)cc1. The van der Waals surface area contributed by atoms with Crippen LogP contribution in [0.5, 0.6) is 0 Å². The second-order valence-corrected chi connectivity index (χ2v) is 16.0. The molecule has 0 fully saturated rings. The van der Waals surface area contributed by atoms with Gasteiger partial charge in [-0.3, -0.25) is 0 Å². The van der Waals surface area contributed by atoms with Gasteiger partial charge in [-0.1, -0.05) is 212 Å². The molecule has 0 saturated heterocycles. The van der Waals surface area contributed by atoms with E-state index in [1.807, 2.05) is 36.4 Å². The monoisotopic (exact) mass is 790 g/mol. The molecule has 1 aliphatic carbocycles. The maximum absolute atomic E-state index is 6.21. The Kier molecular flexibility index (Phi) is 8.39. The number of benzene rings is 9. The number of fused-ring (bicyclic) bond motifs is 6. The van der Waals surface area contributed by atoms with Gasteiger partial charge in [-0.05, 0) is 73.8 Å². The lowest BCUT2D eigenvalue weighted by atomic mass is 9.67. The predicted octanol–water partition coefficient (Wildman–Crippen LogP) is 15.1. The average molecular weight is 791 g/mol. The van der Waals surface area contributed by atoms with Gasteiger partial charge < -0.3 is 4.42 Å². The summed E-state index contributed by atoms with van der Waals surface area (Å²) in [7, 11) is 0. The van der Waals surface area contributed by atoms with Crippen molar-refractivity contribution in [3.8, 4) is 67.3 Å². The molecule has 3 heteroatoms. The van der Waals surface area contributed by atoms with Crippen LogP contribution >= 0.6 is 0 Å². The summed E-state index contributed by atoms with van der Waals surface area (Å²) in [5.74, 6) is 0.691. The Bertz CT molecular complexity index is 3390. The molecule has 0 aliphatic heterocycles. The minimum Gasteiger partial charge on any atom is -0.456 e. The first-order valence-electron chi connectivity index (χ1n) is 21.1.